The zero-order valence-electron chi connectivity index (χ0n) is 15.3. The van der Waals surface area contributed by atoms with Crippen LogP contribution in [0.2, 0.25) is 0 Å². The molecule has 0 aliphatic carbocycles. The van der Waals surface area contributed by atoms with E-state index >= 15 is 0 Å². The largest absolute Gasteiger partial charge is 0.480 e. The van der Waals surface area contributed by atoms with Gasteiger partial charge >= 0.3 is 19.3 Å². The molecular weight excluding hydrogens is 417 g/mol. The number of methoxy groups -OCH3 is 1. The summed E-state index contributed by atoms with van der Waals surface area (Å²) in [7, 11) is -3.02. The molecule has 0 saturated carbocycles. The summed E-state index contributed by atoms with van der Waals surface area (Å²) in [6.45, 7) is -0.0793. The normalized spacial score (nSPS) is 27.2. The molecule has 1 amide bonds. The summed E-state index contributed by atoms with van der Waals surface area (Å²) in [5.41, 5.74) is -1.60. The monoisotopic (exact) mass is 437 g/mol. The highest BCUT2D eigenvalue weighted by atomic mass is 31.2. The van der Waals surface area contributed by atoms with E-state index < -0.39 is 67.9 Å². The molecule has 2 unspecified atom stereocenters. The number of carbonyl (C=O) groups excluding carboxylic acids is 1. The number of carboxylic acids is 1. The molecular formula is C14H20N3O11P. The average Bonchev–Trinajstić information content (AvgIpc) is 2.95. The van der Waals surface area contributed by atoms with E-state index in [-0.39, 0.29) is 0 Å². The van der Waals surface area contributed by atoms with E-state index in [0.29, 0.717) is 0 Å². The molecule has 5 N–H and O–H groups in total. The average molecular weight is 437 g/mol. The van der Waals surface area contributed by atoms with Crippen molar-refractivity contribution in [1.29, 1.82) is 0 Å². The second-order valence-electron chi connectivity index (χ2n) is 6.12. The second-order valence-corrected chi connectivity index (χ2v) is 7.94. The first kappa shape index (κ1) is 22.9. The van der Waals surface area contributed by atoms with E-state index in [1.165, 1.54) is 7.11 Å². The number of aliphatic hydroxyl groups excluding tert-OH is 1. The smallest absolute Gasteiger partial charge is 0.330 e. The zero-order chi connectivity index (χ0) is 21.9. The van der Waals surface area contributed by atoms with Crippen LogP contribution >= 0.6 is 7.60 Å². The minimum absolute atomic E-state index is 0.694. The SMILES string of the molecule is CO[C@H]1C(OP(C)(=O)O)[C@@H](C(=O)N[C@H](CO)C(=O)O)O[C@H]1n1ccc(=O)[nH]c1=O. The molecule has 0 aromatic carbocycles. The van der Waals surface area contributed by atoms with Crippen molar-refractivity contribution in [2.45, 2.75) is 30.6 Å². The number of carboxylic acid groups (broad SMARTS) is 1. The topological polar surface area (TPSA) is 206 Å². The Hall–Kier alpha value is -2.35. The van der Waals surface area contributed by atoms with Gasteiger partial charge in [-0.25, -0.2) is 9.59 Å². The lowest BCUT2D eigenvalue weighted by atomic mass is 10.1. The van der Waals surface area contributed by atoms with Crippen LogP contribution in [0.25, 0.3) is 0 Å². The summed E-state index contributed by atoms with van der Waals surface area (Å²) in [5.74, 6) is -2.62. The molecule has 1 aliphatic rings. The molecule has 2 rings (SSSR count). The van der Waals surface area contributed by atoms with E-state index in [4.69, 9.17) is 24.2 Å². The van der Waals surface area contributed by atoms with E-state index in [1.54, 1.807) is 0 Å². The number of rotatable bonds is 8. The summed E-state index contributed by atoms with van der Waals surface area (Å²) in [4.78, 5) is 58.5. The maximum Gasteiger partial charge on any atom is 0.330 e. The van der Waals surface area contributed by atoms with Crippen LogP contribution in [0, 0.1) is 0 Å². The van der Waals surface area contributed by atoms with Gasteiger partial charge < -0.3 is 29.9 Å². The first-order valence-corrected chi connectivity index (χ1v) is 10.1. The number of hydrogen-bond acceptors (Lipinski definition) is 9. The molecule has 15 heteroatoms. The number of carbonyl (C=O) groups is 2. The van der Waals surface area contributed by atoms with Gasteiger partial charge in [0.15, 0.2) is 12.3 Å². The molecule has 1 aromatic rings. The number of aliphatic hydroxyl groups is 1. The van der Waals surface area contributed by atoms with Crippen molar-refractivity contribution in [2.75, 3.05) is 20.4 Å². The molecule has 162 valence electrons. The molecule has 0 radical (unpaired) electrons. The van der Waals surface area contributed by atoms with Gasteiger partial charge in [0.25, 0.3) is 11.5 Å². The minimum atomic E-state index is -4.19. The Morgan fingerprint density at radius 3 is 2.55 bits per heavy atom. The maximum atomic E-state index is 12.5. The Morgan fingerprint density at radius 1 is 1.41 bits per heavy atom. The zero-order valence-corrected chi connectivity index (χ0v) is 16.1. The van der Waals surface area contributed by atoms with Gasteiger partial charge in [-0.3, -0.25) is 28.2 Å². The van der Waals surface area contributed by atoms with Gasteiger partial charge in [-0.05, 0) is 0 Å². The van der Waals surface area contributed by atoms with Crippen molar-refractivity contribution in [3.05, 3.63) is 33.1 Å². The van der Waals surface area contributed by atoms with Crippen LogP contribution in [0.4, 0.5) is 0 Å². The first-order valence-electron chi connectivity index (χ1n) is 8.11. The summed E-state index contributed by atoms with van der Waals surface area (Å²) >= 11 is 0. The predicted molar refractivity (Wildman–Crippen MR) is 93.3 cm³/mol. The van der Waals surface area contributed by atoms with Gasteiger partial charge in [-0.1, -0.05) is 0 Å². The summed E-state index contributed by atoms with van der Waals surface area (Å²) in [5, 5.41) is 20.0. The Balaban J connectivity index is 2.43. The molecule has 1 saturated heterocycles. The molecule has 1 aromatic heterocycles. The lowest BCUT2D eigenvalue weighted by molar-refractivity contribution is -0.147. The van der Waals surface area contributed by atoms with Gasteiger partial charge in [0.05, 0.1) is 6.61 Å². The first-order chi connectivity index (χ1) is 13.5. The highest BCUT2D eigenvalue weighted by molar-refractivity contribution is 7.51. The van der Waals surface area contributed by atoms with E-state index in [0.717, 1.165) is 23.5 Å². The molecule has 14 nitrogen and oxygen atoms in total. The number of H-pyrrole nitrogens is 1. The van der Waals surface area contributed by atoms with Gasteiger partial charge in [0, 0.05) is 26.0 Å². The number of nitrogens with one attached hydrogen (secondary N) is 2. The standard InChI is InChI=1S/C14H20N3O11P/c1-26-10-8(28-29(2,24)25)9(11(20)15-6(5-18)13(21)22)27-12(10)17-4-3-7(19)16-14(17)23/h3-4,6,8-10,12,18H,5H2,1-2H3,(H,15,20)(H,21,22)(H,24,25)(H,16,19,23)/t6-,8?,9+,10+,12-/m1/s1. The number of aromatic nitrogens is 2. The highest BCUT2D eigenvalue weighted by Crippen LogP contribution is 2.44. The molecule has 0 spiro atoms. The van der Waals surface area contributed by atoms with Crippen LogP contribution in [-0.2, 0) is 28.2 Å². The molecule has 1 aliphatic heterocycles. The fourth-order valence-corrected chi connectivity index (χ4v) is 3.42. The van der Waals surface area contributed by atoms with Crippen LogP contribution < -0.4 is 16.6 Å². The van der Waals surface area contributed by atoms with Crippen molar-refractivity contribution >= 4 is 19.5 Å². The van der Waals surface area contributed by atoms with Crippen molar-refractivity contribution in [3.63, 3.8) is 0 Å². The summed E-state index contributed by atoms with van der Waals surface area (Å²) in [6.07, 6.45) is -4.79. The third-order valence-electron chi connectivity index (χ3n) is 3.96. The van der Waals surface area contributed by atoms with E-state index in [2.05, 4.69) is 0 Å². The van der Waals surface area contributed by atoms with Crippen molar-refractivity contribution < 1.29 is 43.3 Å². The van der Waals surface area contributed by atoms with Crippen LogP contribution in [0.5, 0.6) is 0 Å². The number of ether oxygens (including phenoxy) is 2. The molecule has 6 atom stereocenters. The maximum absolute atomic E-state index is 12.5. The van der Waals surface area contributed by atoms with Crippen LogP contribution in [0.15, 0.2) is 21.9 Å². The molecule has 1 fully saturated rings. The summed E-state index contributed by atoms with van der Waals surface area (Å²) < 4.78 is 28.4. The third kappa shape index (κ3) is 5.38. The lowest BCUT2D eigenvalue weighted by Gasteiger charge is -2.24. The van der Waals surface area contributed by atoms with Crippen LogP contribution in [0.1, 0.15) is 6.23 Å². The predicted octanol–water partition coefficient (Wildman–Crippen LogP) is -2.79. The quantitative estimate of drug-likeness (QED) is 0.263. The van der Waals surface area contributed by atoms with Crippen molar-refractivity contribution in [3.8, 4) is 0 Å². The number of amides is 1. The number of aromatic amines is 1. The van der Waals surface area contributed by atoms with E-state index in [1.807, 2.05) is 10.3 Å². The van der Waals surface area contributed by atoms with Gasteiger partial charge in [0.1, 0.15) is 18.2 Å². The molecule has 29 heavy (non-hydrogen) atoms. The number of aliphatic carboxylic acids is 1. The number of nitrogens with zero attached hydrogens (tertiary/aromatic N) is 1. The Kier molecular flexibility index (Phi) is 7.11. The molecule has 2 heterocycles. The van der Waals surface area contributed by atoms with Gasteiger partial charge in [0.2, 0.25) is 0 Å². The Morgan fingerprint density at radius 2 is 2.07 bits per heavy atom. The Bertz CT molecular complexity index is 922. The fourth-order valence-electron chi connectivity index (χ4n) is 2.73. The van der Waals surface area contributed by atoms with Crippen molar-refractivity contribution in [2.24, 2.45) is 0 Å². The molecule has 0 bridgehead atoms. The van der Waals surface area contributed by atoms with Crippen LogP contribution in [0.3, 0.4) is 0 Å². The Labute approximate surface area is 162 Å². The van der Waals surface area contributed by atoms with Gasteiger partial charge in [-0.2, -0.15) is 0 Å². The van der Waals surface area contributed by atoms with Crippen molar-refractivity contribution in [1.82, 2.24) is 14.9 Å². The fraction of sp³-hybridized carbons (Fsp3) is 0.571. The lowest BCUT2D eigenvalue weighted by Crippen LogP contribution is -2.51. The number of hydrogen-bond donors (Lipinski definition) is 5. The van der Waals surface area contributed by atoms with Crippen LogP contribution in [-0.4, -0.2) is 81.3 Å². The second kappa shape index (κ2) is 8.98. The summed E-state index contributed by atoms with van der Waals surface area (Å²) in [6, 6.07) is -0.672. The van der Waals surface area contributed by atoms with E-state index in [9.17, 15) is 28.6 Å². The minimum Gasteiger partial charge on any atom is -0.480 e. The third-order valence-corrected chi connectivity index (χ3v) is 4.59. The highest BCUT2D eigenvalue weighted by Gasteiger charge is 2.52. The van der Waals surface area contributed by atoms with Gasteiger partial charge in [-0.15, -0.1) is 0 Å².